The first-order valence-electron chi connectivity index (χ1n) is 7.76. The van der Waals surface area contributed by atoms with E-state index in [1.807, 2.05) is 4.90 Å². The Kier molecular flexibility index (Phi) is 6.46. The molecule has 0 unspecified atom stereocenters. The molecule has 7 heteroatoms. The minimum Gasteiger partial charge on any atom is -0.497 e. The maximum absolute atomic E-state index is 14.0. The summed E-state index contributed by atoms with van der Waals surface area (Å²) in [5.41, 5.74) is 0.518. The maximum atomic E-state index is 14.0. The molecule has 0 spiro atoms. The largest absolute Gasteiger partial charge is 0.497 e. The summed E-state index contributed by atoms with van der Waals surface area (Å²) in [6, 6.07) is 4.62. The SMILES string of the molecule is COCCCNC(=O)N1CCN(c2cc(OC)ccc2F)CC1. The normalized spacial score (nSPS) is 14.7. The fourth-order valence-corrected chi connectivity index (χ4v) is 2.54. The topological polar surface area (TPSA) is 54.0 Å². The van der Waals surface area contributed by atoms with Crippen molar-refractivity contribution in [2.75, 3.05) is 58.5 Å². The van der Waals surface area contributed by atoms with Crippen molar-refractivity contribution in [2.45, 2.75) is 6.42 Å². The second kappa shape index (κ2) is 8.57. The first-order chi connectivity index (χ1) is 11.2. The van der Waals surface area contributed by atoms with Crippen LogP contribution in [0.1, 0.15) is 6.42 Å². The van der Waals surface area contributed by atoms with Crippen molar-refractivity contribution in [2.24, 2.45) is 0 Å². The second-order valence-electron chi connectivity index (χ2n) is 5.37. The highest BCUT2D eigenvalue weighted by Gasteiger charge is 2.22. The lowest BCUT2D eigenvalue weighted by Crippen LogP contribution is -2.52. The van der Waals surface area contributed by atoms with Gasteiger partial charge in [-0.15, -0.1) is 0 Å². The van der Waals surface area contributed by atoms with Crippen LogP contribution in [0.2, 0.25) is 0 Å². The number of halogens is 1. The summed E-state index contributed by atoms with van der Waals surface area (Å²) in [7, 11) is 3.20. The van der Waals surface area contributed by atoms with Gasteiger partial charge in [0.1, 0.15) is 11.6 Å². The molecule has 0 atom stereocenters. The predicted molar refractivity (Wildman–Crippen MR) is 86.6 cm³/mol. The molecule has 2 amide bonds. The fourth-order valence-electron chi connectivity index (χ4n) is 2.54. The predicted octanol–water partition coefficient (Wildman–Crippen LogP) is 1.70. The zero-order valence-electron chi connectivity index (χ0n) is 13.7. The molecule has 1 aromatic carbocycles. The van der Waals surface area contributed by atoms with E-state index >= 15 is 0 Å². The molecule has 1 aliphatic rings. The van der Waals surface area contributed by atoms with Gasteiger partial charge in [0, 0.05) is 52.5 Å². The Morgan fingerprint density at radius 2 is 2.00 bits per heavy atom. The standard InChI is InChI=1S/C16H24FN3O3/c1-22-11-3-6-18-16(21)20-9-7-19(8-10-20)15-12-13(23-2)4-5-14(15)17/h4-5,12H,3,6-11H2,1-2H3,(H,18,21). The van der Waals surface area contributed by atoms with Crippen LogP contribution in [0, 0.1) is 5.82 Å². The molecule has 23 heavy (non-hydrogen) atoms. The van der Waals surface area contributed by atoms with Gasteiger partial charge in [-0.1, -0.05) is 0 Å². The number of ether oxygens (including phenoxy) is 2. The van der Waals surface area contributed by atoms with Crippen molar-refractivity contribution in [3.05, 3.63) is 24.0 Å². The molecule has 1 aromatic rings. The van der Waals surface area contributed by atoms with Crippen molar-refractivity contribution < 1.29 is 18.7 Å². The second-order valence-corrected chi connectivity index (χ2v) is 5.37. The van der Waals surface area contributed by atoms with Crippen LogP contribution in [-0.2, 0) is 4.74 Å². The van der Waals surface area contributed by atoms with E-state index in [9.17, 15) is 9.18 Å². The quantitative estimate of drug-likeness (QED) is 0.809. The van der Waals surface area contributed by atoms with Crippen molar-refractivity contribution in [1.82, 2.24) is 10.2 Å². The van der Waals surface area contributed by atoms with Crippen LogP contribution < -0.4 is 15.0 Å². The van der Waals surface area contributed by atoms with Gasteiger partial charge in [0.15, 0.2) is 0 Å². The molecule has 0 aromatic heterocycles. The Hall–Kier alpha value is -2.02. The molecule has 1 fully saturated rings. The average molecular weight is 325 g/mol. The van der Waals surface area contributed by atoms with Crippen molar-refractivity contribution in [3.8, 4) is 5.75 Å². The van der Waals surface area contributed by atoms with Gasteiger partial charge in [-0.05, 0) is 18.6 Å². The van der Waals surface area contributed by atoms with Crippen molar-refractivity contribution >= 4 is 11.7 Å². The maximum Gasteiger partial charge on any atom is 0.317 e. The molecule has 128 valence electrons. The van der Waals surface area contributed by atoms with Gasteiger partial charge in [-0.25, -0.2) is 9.18 Å². The number of nitrogens with one attached hydrogen (secondary N) is 1. The van der Waals surface area contributed by atoms with Gasteiger partial charge in [0.25, 0.3) is 0 Å². The van der Waals surface area contributed by atoms with Gasteiger partial charge < -0.3 is 24.6 Å². The zero-order chi connectivity index (χ0) is 16.7. The third-order valence-corrected chi connectivity index (χ3v) is 3.86. The van der Waals surface area contributed by atoms with Gasteiger partial charge in [0.05, 0.1) is 12.8 Å². The molecule has 0 saturated carbocycles. The summed E-state index contributed by atoms with van der Waals surface area (Å²) in [5.74, 6) is 0.350. The molecule has 0 aliphatic carbocycles. The van der Waals surface area contributed by atoms with Gasteiger partial charge in [-0.2, -0.15) is 0 Å². The van der Waals surface area contributed by atoms with E-state index in [4.69, 9.17) is 9.47 Å². The minimum atomic E-state index is -0.275. The van der Waals surface area contributed by atoms with E-state index in [-0.39, 0.29) is 11.8 Å². The number of carbonyl (C=O) groups is 1. The Labute approximate surface area is 136 Å². The molecule has 1 heterocycles. The Morgan fingerprint density at radius 1 is 1.26 bits per heavy atom. The highest BCUT2D eigenvalue weighted by Crippen LogP contribution is 2.25. The number of methoxy groups -OCH3 is 2. The Balaban J connectivity index is 1.85. The smallest absolute Gasteiger partial charge is 0.317 e. The summed E-state index contributed by atoms with van der Waals surface area (Å²) in [5, 5.41) is 2.87. The lowest BCUT2D eigenvalue weighted by atomic mass is 10.2. The van der Waals surface area contributed by atoms with E-state index in [2.05, 4.69) is 5.32 Å². The molecular formula is C16H24FN3O3. The summed E-state index contributed by atoms with van der Waals surface area (Å²) < 4.78 is 24.1. The van der Waals surface area contributed by atoms with Gasteiger partial charge in [-0.3, -0.25) is 0 Å². The van der Waals surface area contributed by atoms with E-state index in [1.54, 1.807) is 31.3 Å². The number of rotatable bonds is 6. The number of carbonyl (C=O) groups excluding carboxylic acids is 1. The molecule has 1 N–H and O–H groups in total. The summed E-state index contributed by atoms with van der Waals surface area (Å²) >= 11 is 0. The molecule has 1 saturated heterocycles. The van der Waals surface area contributed by atoms with Crippen LogP contribution in [0.15, 0.2) is 18.2 Å². The summed E-state index contributed by atoms with van der Waals surface area (Å²) in [6.07, 6.45) is 0.789. The fraction of sp³-hybridized carbons (Fsp3) is 0.562. The van der Waals surface area contributed by atoms with Crippen LogP contribution in [0.25, 0.3) is 0 Å². The molecule has 2 rings (SSSR count). The summed E-state index contributed by atoms with van der Waals surface area (Å²) in [6.45, 7) is 3.53. The average Bonchev–Trinajstić information content (AvgIpc) is 2.59. The third-order valence-electron chi connectivity index (χ3n) is 3.86. The number of urea groups is 1. The lowest BCUT2D eigenvalue weighted by molar-refractivity contribution is 0.183. The third kappa shape index (κ3) is 4.72. The van der Waals surface area contributed by atoms with Crippen molar-refractivity contribution in [3.63, 3.8) is 0 Å². The molecular weight excluding hydrogens is 301 g/mol. The highest BCUT2D eigenvalue weighted by molar-refractivity contribution is 5.74. The number of nitrogens with zero attached hydrogens (tertiary/aromatic N) is 2. The number of amides is 2. The van der Waals surface area contributed by atoms with E-state index in [1.165, 1.54) is 6.07 Å². The number of hydrogen-bond donors (Lipinski definition) is 1. The first kappa shape index (κ1) is 17.3. The molecule has 6 nitrogen and oxygen atoms in total. The van der Waals surface area contributed by atoms with Crippen LogP contribution >= 0.6 is 0 Å². The molecule has 0 radical (unpaired) electrons. The van der Waals surface area contributed by atoms with Crippen LogP contribution in [-0.4, -0.2) is 64.5 Å². The van der Waals surface area contributed by atoms with Crippen molar-refractivity contribution in [1.29, 1.82) is 0 Å². The molecule has 1 aliphatic heterocycles. The molecule has 0 bridgehead atoms. The Bertz CT molecular complexity index is 519. The number of hydrogen-bond acceptors (Lipinski definition) is 4. The highest BCUT2D eigenvalue weighted by atomic mass is 19.1. The van der Waals surface area contributed by atoms with Crippen LogP contribution in [0.3, 0.4) is 0 Å². The first-order valence-corrected chi connectivity index (χ1v) is 7.76. The minimum absolute atomic E-state index is 0.0770. The summed E-state index contributed by atoms with van der Waals surface area (Å²) in [4.78, 5) is 15.7. The van der Waals surface area contributed by atoms with Crippen LogP contribution in [0.5, 0.6) is 5.75 Å². The van der Waals surface area contributed by atoms with E-state index < -0.39 is 0 Å². The monoisotopic (exact) mass is 325 g/mol. The lowest BCUT2D eigenvalue weighted by Gasteiger charge is -2.36. The van der Waals surface area contributed by atoms with Crippen LogP contribution in [0.4, 0.5) is 14.9 Å². The van der Waals surface area contributed by atoms with Gasteiger partial charge >= 0.3 is 6.03 Å². The van der Waals surface area contributed by atoms with E-state index in [0.29, 0.717) is 50.8 Å². The number of anilines is 1. The number of piperazine rings is 1. The zero-order valence-corrected chi connectivity index (χ0v) is 13.7. The number of benzene rings is 1. The van der Waals surface area contributed by atoms with E-state index in [0.717, 1.165) is 6.42 Å². The Morgan fingerprint density at radius 3 is 2.65 bits per heavy atom. The van der Waals surface area contributed by atoms with Gasteiger partial charge in [0.2, 0.25) is 0 Å².